The molecular formula is C31H30N4OS. The van der Waals surface area contributed by atoms with Crippen LogP contribution in [-0.2, 0) is 18.7 Å². The van der Waals surface area contributed by atoms with Crippen molar-refractivity contribution in [3.63, 3.8) is 0 Å². The van der Waals surface area contributed by atoms with Gasteiger partial charge in [0.05, 0.1) is 23.8 Å². The minimum atomic E-state index is -0.0281. The molecule has 0 saturated heterocycles. The molecule has 0 bridgehead atoms. The summed E-state index contributed by atoms with van der Waals surface area (Å²) in [4.78, 5) is 21.7. The number of imidazole rings is 1. The van der Waals surface area contributed by atoms with Crippen molar-refractivity contribution in [2.24, 2.45) is 0 Å². The first-order valence-electron chi connectivity index (χ1n) is 12.6. The highest BCUT2D eigenvalue weighted by atomic mass is 32.2. The van der Waals surface area contributed by atoms with E-state index in [-0.39, 0.29) is 5.91 Å². The highest BCUT2D eigenvalue weighted by molar-refractivity contribution is 7.98. The number of rotatable bonds is 10. The predicted octanol–water partition coefficient (Wildman–Crippen LogP) is 6.44. The third kappa shape index (κ3) is 6.46. The number of hydrogen-bond donors (Lipinski definition) is 1. The molecule has 186 valence electrons. The zero-order chi connectivity index (χ0) is 25.5. The van der Waals surface area contributed by atoms with Crippen LogP contribution in [0.15, 0.2) is 102 Å². The quantitative estimate of drug-likeness (QED) is 0.175. The normalized spacial score (nSPS) is 11.1. The number of hydrogen-bond acceptors (Lipinski definition) is 4. The Balaban J connectivity index is 1.19. The van der Waals surface area contributed by atoms with Gasteiger partial charge in [0, 0.05) is 24.1 Å². The van der Waals surface area contributed by atoms with E-state index in [2.05, 4.69) is 58.2 Å². The molecule has 1 N–H and O–H groups in total. The Morgan fingerprint density at radius 1 is 0.892 bits per heavy atom. The molecule has 5 aromatic rings. The van der Waals surface area contributed by atoms with Crippen LogP contribution in [0.4, 0.5) is 0 Å². The van der Waals surface area contributed by atoms with Crippen molar-refractivity contribution >= 4 is 28.7 Å². The number of fused-ring (bicyclic) bond motifs is 1. The molecule has 1 amide bonds. The summed E-state index contributed by atoms with van der Waals surface area (Å²) in [5.41, 5.74) is 7.59. The van der Waals surface area contributed by atoms with Crippen molar-refractivity contribution in [3.8, 4) is 0 Å². The van der Waals surface area contributed by atoms with Gasteiger partial charge in [-0.3, -0.25) is 9.78 Å². The van der Waals surface area contributed by atoms with Crippen LogP contribution in [0.1, 0.15) is 39.0 Å². The van der Waals surface area contributed by atoms with Crippen LogP contribution >= 0.6 is 11.8 Å². The van der Waals surface area contributed by atoms with E-state index in [1.165, 1.54) is 16.7 Å². The molecule has 0 atom stereocenters. The largest absolute Gasteiger partial charge is 0.352 e. The van der Waals surface area contributed by atoms with Gasteiger partial charge in [-0.15, -0.1) is 0 Å². The van der Waals surface area contributed by atoms with Crippen molar-refractivity contribution < 1.29 is 4.79 Å². The van der Waals surface area contributed by atoms with Gasteiger partial charge in [0.2, 0.25) is 0 Å². The molecule has 6 heteroatoms. The number of aryl methyl sites for hydroxylation is 2. The van der Waals surface area contributed by atoms with E-state index in [4.69, 9.17) is 4.98 Å². The molecule has 0 radical (unpaired) electrons. The fourth-order valence-electron chi connectivity index (χ4n) is 4.23. The third-order valence-corrected chi connectivity index (χ3v) is 7.38. The van der Waals surface area contributed by atoms with Gasteiger partial charge in [-0.2, -0.15) is 0 Å². The van der Waals surface area contributed by atoms with E-state index in [0.717, 1.165) is 46.9 Å². The molecular weight excluding hydrogens is 476 g/mol. The highest BCUT2D eigenvalue weighted by Crippen LogP contribution is 2.27. The summed E-state index contributed by atoms with van der Waals surface area (Å²) >= 11 is 1.70. The molecule has 0 saturated carbocycles. The van der Waals surface area contributed by atoms with Gasteiger partial charge in [0.1, 0.15) is 0 Å². The number of thioether (sulfide) groups is 1. The molecule has 0 aliphatic carbocycles. The number of benzene rings is 3. The lowest BCUT2D eigenvalue weighted by atomic mass is 10.1. The SMILES string of the molecule is Cc1ccc(Cn2c(SCc3ccc(C(=O)NCCCc4ccccc4)cc3)nc3ccncc32)cc1. The van der Waals surface area contributed by atoms with Gasteiger partial charge in [0.25, 0.3) is 5.91 Å². The van der Waals surface area contributed by atoms with Gasteiger partial charge in [-0.25, -0.2) is 4.98 Å². The molecule has 37 heavy (non-hydrogen) atoms. The summed E-state index contributed by atoms with van der Waals surface area (Å²) in [5.74, 6) is 0.739. The number of carbonyl (C=O) groups is 1. The van der Waals surface area contributed by atoms with Crippen LogP contribution in [0, 0.1) is 6.92 Å². The number of aromatic nitrogens is 3. The monoisotopic (exact) mass is 506 g/mol. The maximum atomic E-state index is 12.5. The van der Waals surface area contributed by atoms with Crippen LogP contribution in [0.3, 0.4) is 0 Å². The fourth-order valence-corrected chi connectivity index (χ4v) is 5.20. The first-order chi connectivity index (χ1) is 18.2. The average molecular weight is 507 g/mol. The number of nitrogens with zero attached hydrogens (tertiary/aromatic N) is 3. The standard InChI is InChI=1S/C31H30N4OS/c1-23-9-11-25(12-10-23)21-35-29-20-32-19-17-28(29)34-31(35)37-22-26-13-15-27(16-14-26)30(36)33-18-5-8-24-6-3-2-4-7-24/h2-4,6-7,9-17,19-20H,5,8,18,21-22H2,1H3,(H,33,36). The Morgan fingerprint density at radius 3 is 2.43 bits per heavy atom. The lowest BCUT2D eigenvalue weighted by Crippen LogP contribution is -2.24. The van der Waals surface area contributed by atoms with Gasteiger partial charge in [0.15, 0.2) is 5.16 Å². The van der Waals surface area contributed by atoms with E-state index in [1.54, 1.807) is 18.0 Å². The molecule has 3 aromatic carbocycles. The van der Waals surface area contributed by atoms with E-state index >= 15 is 0 Å². The van der Waals surface area contributed by atoms with E-state index < -0.39 is 0 Å². The second-order valence-corrected chi connectivity index (χ2v) is 10.1. The molecule has 0 unspecified atom stereocenters. The minimum absolute atomic E-state index is 0.0281. The van der Waals surface area contributed by atoms with Crippen molar-refractivity contribution in [1.82, 2.24) is 19.9 Å². The minimum Gasteiger partial charge on any atom is -0.352 e. The van der Waals surface area contributed by atoms with Crippen molar-refractivity contribution in [2.45, 2.75) is 37.2 Å². The van der Waals surface area contributed by atoms with Crippen LogP contribution in [0.2, 0.25) is 0 Å². The summed E-state index contributed by atoms with van der Waals surface area (Å²) in [6, 6.07) is 28.8. The predicted molar refractivity (Wildman–Crippen MR) is 151 cm³/mol. The molecule has 0 spiro atoms. The van der Waals surface area contributed by atoms with Gasteiger partial charge in [-0.05, 0) is 54.7 Å². The van der Waals surface area contributed by atoms with Crippen molar-refractivity contribution in [3.05, 3.63) is 125 Å². The first kappa shape index (κ1) is 24.8. The fraction of sp³-hybridized carbons (Fsp3) is 0.194. The Morgan fingerprint density at radius 2 is 1.65 bits per heavy atom. The summed E-state index contributed by atoms with van der Waals surface area (Å²) in [7, 11) is 0. The molecule has 0 fully saturated rings. The van der Waals surface area contributed by atoms with Gasteiger partial charge in [-0.1, -0.05) is 84.1 Å². The van der Waals surface area contributed by atoms with Crippen molar-refractivity contribution in [2.75, 3.05) is 6.54 Å². The van der Waals surface area contributed by atoms with Crippen molar-refractivity contribution in [1.29, 1.82) is 0 Å². The van der Waals surface area contributed by atoms with E-state index in [9.17, 15) is 4.79 Å². The second kappa shape index (κ2) is 11.9. The van der Waals surface area contributed by atoms with Gasteiger partial charge >= 0.3 is 0 Å². The number of carbonyl (C=O) groups excluding carboxylic acids is 1. The number of amides is 1. The summed E-state index contributed by atoms with van der Waals surface area (Å²) in [6.45, 7) is 3.51. The van der Waals surface area contributed by atoms with Crippen LogP contribution in [-0.4, -0.2) is 27.0 Å². The van der Waals surface area contributed by atoms with E-state index in [1.807, 2.05) is 54.7 Å². The van der Waals surface area contributed by atoms with Gasteiger partial charge < -0.3 is 9.88 Å². The lowest BCUT2D eigenvalue weighted by Gasteiger charge is -2.10. The third-order valence-electron chi connectivity index (χ3n) is 6.33. The Kier molecular flexibility index (Phi) is 7.96. The number of pyridine rings is 1. The zero-order valence-electron chi connectivity index (χ0n) is 20.9. The van der Waals surface area contributed by atoms with Crippen LogP contribution < -0.4 is 5.32 Å². The molecule has 0 aliphatic heterocycles. The zero-order valence-corrected chi connectivity index (χ0v) is 21.7. The maximum Gasteiger partial charge on any atom is 0.251 e. The van der Waals surface area contributed by atoms with E-state index in [0.29, 0.717) is 12.1 Å². The Bertz CT molecular complexity index is 1460. The molecule has 5 nitrogen and oxygen atoms in total. The summed E-state index contributed by atoms with van der Waals surface area (Å²) in [5, 5.41) is 3.99. The van der Waals surface area contributed by atoms with Crippen LogP contribution in [0.5, 0.6) is 0 Å². The summed E-state index contributed by atoms with van der Waals surface area (Å²) in [6.07, 6.45) is 5.55. The first-order valence-corrected chi connectivity index (χ1v) is 13.5. The lowest BCUT2D eigenvalue weighted by molar-refractivity contribution is 0.0953. The highest BCUT2D eigenvalue weighted by Gasteiger charge is 2.13. The summed E-state index contributed by atoms with van der Waals surface area (Å²) < 4.78 is 2.23. The Labute approximate surface area is 222 Å². The molecule has 2 heterocycles. The molecule has 2 aromatic heterocycles. The average Bonchev–Trinajstić information content (AvgIpc) is 3.29. The molecule has 0 aliphatic rings. The maximum absolute atomic E-state index is 12.5. The number of nitrogens with one attached hydrogen (secondary N) is 1. The Hall–Kier alpha value is -3.90. The smallest absolute Gasteiger partial charge is 0.251 e. The van der Waals surface area contributed by atoms with Crippen LogP contribution in [0.25, 0.3) is 11.0 Å². The topological polar surface area (TPSA) is 59.8 Å². The second-order valence-electron chi connectivity index (χ2n) is 9.16. The molecule has 5 rings (SSSR count).